The highest BCUT2D eigenvalue weighted by atomic mass is 16.5. The highest BCUT2D eigenvalue weighted by Crippen LogP contribution is 2.39. The summed E-state index contributed by atoms with van der Waals surface area (Å²) in [6.45, 7) is 8.65. The summed E-state index contributed by atoms with van der Waals surface area (Å²) in [5, 5.41) is 7.16. The van der Waals surface area contributed by atoms with E-state index in [2.05, 4.69) is 20.4 Å². The Morgan fingerprint density at radius 2 is 1.97 bits per heavy atom. The number of aromatic nitrogens is 3. The molecule has 1 N–H and O–H groups in total. The van der Waals surface area contributed by atoms with Crippen LogP contribution in [0.15, 0.2) is 16.8 Å². The van der Waals surface area contributed by atoms with Crippen molar-refractivity contribution < 1.29 is 9.32 Å². The number of amides is 1. The van der Waals surface area contributed by atoms with Crippen LogP contribution in [0.2, 0.25) is 0 Å². The number of carbonyl (C=O) groups excluding carboxylic acids is 1. The molecule has 2 aromatic heterocycles. The van der Waals surface area contributed by atoms with Crippen molar-refractivity contribution in [3.63, 3.8) is 0 Å². The van der Waals surface area contributed by atoms with Gasteiger partial charge < -0.3 is 14.7 Å². The fraction of sp³-hybridized carbons (Fsp3) is 0.652. The van der Waals surface area contributed by atoms with E-state index in [0.29, 0.717) is 11.8 Å². The smallest absolute Gasteiger partial charge is 0.225 e. The van der Waals surface area contributed by atoms with E-state index in [1.807, 2.05) is 33.0 Å². The maximum Gasteiger partial charge on any atom is 0.225 e. The number of hydrogen-bond donors (Lipinski definition) is 1. The van der Waals surface area contributed by atoms with Gasteiger partial charge in [-0.3, -0.25) is 4.79 Å². The molecule has 0 radical (unpaired) electrons. The first-order valence-electron chi connectivity index (χ1n) is 11.3. The van der Waals surface area contributed by atoms with Crippen molar-refractivity contribution in [3.8, 4) is 11.3 Å². The van der Waals surface area contributed by atoms with Crippen molar-refractivity contribution in [3.05, 3.63) is 23.7 Å². The average Bonchev–Trinajstić information content (AvgIpc) is 3.44. The molecule has 4 rings (SSSR count). The van der Waals surface area contributed by atoms with Crippen LogP contribution in [-0.4, -0.2) is 40.7 Å². The summed E-state index contributed by atoms with van der Waals surface area (Å²) in [4.78, 5) is 23.9. The Morgan fingerprint density at radius 3 is 2.60 bits per heavy atom. The molecular weight excluding hydrogens is 378 g/mol. The monoisotopic (exact) mass is 411 g/mol. The van der Waals surface area contributed by atoms with E-state index >= 15 is 0 Å². The number of aryl methyl sites for hydroxylation is 1. The maximum absolute atomic E-state index is 11.9. The number of nitrogens with zero attached hydrogens (tertiary/aromatic N) is 4. The lowest BCUT2D eigenvalue weighted by Crippen LogP contribution is -2.33. The summed E-state index contributed by atoms with van der Waals surface area (Å²) in [7, 11) is 0. The fourth-order valence-electron chi connectivity index (χ4n) is 4.54. The van der Waals surface area contributed by atoms with Gasteiger partial charge in [0.05, 0.1) is 17.0 Å². The molecule has 2 aliphatic rings. The third-order valence-corrected chi connectivity index (χ3v) is 6.41. The van der Waals surface area contributed by atoms with E-state index in [1.165, 1.54) is 12.8 Å². The Hall–Kier alpha value is -2.44. The summed E-state index contributed by atoms with van der Waals surface area (Å²) >= 11 is 0. The molecule has 30 heavy (non-hydrogen) atoms. The zero-order valence-corrected chi connectivity index (χ0v) is 18.4. The van der Waals surface area contributed by atoms with Crippen molar-refractivity contribution in [2.45, 2.75) is 65.2 Å². The van der Waals surface area contributed by atoms with Crippen molar-refractivity contribution in [2.75, 3.05) is 24.5 Å². The highest BCUT2D eigenvalue weighted by molar-refractivity contribution is 5.77. The van der Waals surface area contributed by atoms with Gasteiger partial charge in [-0.1, -0.05) is 19.0 Å². The van der Waals surface area contributed by atoms with Gasteiger partial charge in [0.15, 0.2) is 5.76 Å². The molecule has 2 aromatic rings. The van der Waals surface area contributed by atoms with Crippen LogP contribution < -0.4 is 10.2 Å². The molecule has 1 saturated heterocycles. The molecule has 2 fully saturated rings. The Morgan fingerprint density at radius 1 is 1.23 bits per heavy atom. The third kappa shape index (κ3) is 4.65. The van der Waals surface area contributed by atoms with Gasteiger partial charge in [-0.15, -0.1) is 0 Å². The first kappa shape index (κ1) is 20.8. The quantitative estimate of drug-likeness (QED) is 0.771. The van der Waals surface area contributed by atoms with E-state index in [9.17, 15) is 4.79 Å². The fourth-order valence-corrected chi connectivity index (χ4v) is 4.54. The molecule has 0 aromatic carbocycles. The second kappa shape index (κ2) is 9.14. The van der Waals surface area contributed by atoms with Crippen LogP contribution in [0.25, 0.3) is 11.3 Å². The van der Waals surface area contributed by atoms with Crippen LogP contribution in [0.5, 0.6) is 0 Å². The summed E-state index contributed by atoms with van der Waals surface area (Å²) in [5.74, 6) is 2.70. The van der Waals surface area contributed by atoms with Gasteiger partial charge in [-0.05, 0) is 51.4 Å². The van der Waals surface area contributed by atoms with Crippen LogP contribution in [0.1, 0.15) is 69.7 Å². The Labute approximate surface area is 178 Å². The molecule has 3 heterocycles. The van der Waals surface area contributed by atoms with Crippen LogP contribution >= 0.6 is 0 Å². The number of rotatable bonds is 6. The number of carbonyl (C=O) groups is 1. The van der Waals surface area contributed by atoms with Crippen LogP contribution in [0.4, 0.5) is 5.95 Å². The summed E-state index contributed by atoms with van der Waals surface area (Å²) in [6, 6.07) is 1.96. The van der Waals surface area contributed by atoms with E-state index in [4.69, 9.17) is 9.51 Å². The van der Waals surface area contributed by atoms with E-state index in [1.54, 1.807) is 0 Å². The van der Waals surface area contributed by atoms with Gasteiger partial charge in [0.25, 0.3) is 0 Å². The van der Waals surface area contributed by atoms with Gasteiger partial charge in [0.2, 0.25) is 11.9 Å². The molecular formula is C23H33N5O2. The summed E-state index contributed by atoms with van der Waals surface area (Å²) < 4.78 is 5.56. The molecule has 7 heteroatoms. The summed E-state index contributed by atoms with van der Waals surface area (Å²) in [6.07, 6.45) is 8.66. The Bertz CT molecular complexity index is 864. The highest BCUT2D eigenvalue weighted by Gasteiger charge is 2.28. The second-order valence-electron chi connectivity index (χ2n) is 9.11. The summed E-state index contributed by atoms with van der Waals surface area (Å²) in [5.41, 5.74) is 2.92. The molecule has 1 aliphatic heterocycles. The normalized spacial score (nSPS) is 21.9. The van der Waals surface area contributed by atoms with Crippen LogP contribution in [-0.2, 0) is 4.79 Å². The zero-order valence-electron chi connectivity index (χ0n) is 18.4. The lowest BCUT2D eigenvalue weighted by atomic mass is 9.79. The molecule has 0 atom stereocenters. The minimum Gasteiger partial charge on any atom is -0.356 e. The Kier molecular flexibility index (Phi) is 6.35. The predicted octanol–water partition coefficient (Wildman–Crippen LogP) is 4.09. The lowest BCUT2D eigenvalue weighted by molar-refractivity contribution is -0.124. The topological polar surface area (TPSA) is 84.2 Å². The van der Waals surface area contributed by atoms with Gasteiger partial charge >= 0.3 is 0 Å². The minimum atomic E-state index is 0.0410. The number of anilines is 1. The average molecular weight is 412 g/mol. The molecule has 162 valence electrons. The van der Waals surface area contributed by atoms with Crippen molar-refractivity contribution >= 4 is 11.9 Å². The minimum absolute atomic E-state index is 0.0410. The number of hydrogen-bond acceptors (Lipinski definition) is 6. The molecule has 0 unspecified atom stereocenters. The largest absolute Gasteiger partial charge is 0.356 e. The molecule has 0 bridgehead atoms. The molecule has 0 spiro atoms. The molecule has 1 amide bonds. The van der Waals surface area contributed by atoms with E-state index < -0.39 is 0 Å². The molecule has 1 saturated carbocycles. The van der Waals surface area contributed by atoms with Gasteiger partial charge in [0, 0.05) is 43.7 Å². The van der Waals surface area contributed by atoms with Crippen molar-refractivity contribution in [1.29, 1.82) is 0 Å². The van der Waals surface area contributed by atoms with Crippen LogP contribution in [0, 0.1) is 18.8 Å². The number of nitrogens with one attached hydrogen (secondary N) is 1. The van der Waals surface area contributed by atoms with Gasteiger partial charge in [-0.25, -0.2) is 9.97 Å². The zero-order chi connectivity index (χ0) is 21.1. The van der Waals surface area contributed by atoms with Gasteiger partial charge in [0.1, 0.15) is 0 Å². The van der Waals surface area contributed by atoms with Gasteiger partial charge in [-0.2, -0.15) is 0 Å². The van der Waals surface area contributed by atoms with Crippen LogP contribution in [0.3, 0.4) is 0 Å². The molecule has 1 aliphatic carbocycles. The van der Waals surface area contributed by atoms with E-state index in [-0.39, 0.29) is 11.8 Å². The first-order valence-corrected chi connectivity index (χ1v) is 11.3. The van der Waals surface area contributed by atoms with E-state index in [0.717, 1.165) is 74.0 Å². The standard InChI is InChI=1S/C23H33N5O2/c1-15(2)22(29)24-13-17-6-8-18(9-7-17)21-19(20-12-16(3)27-30-20)14-25-23(26-21)28-10-4-5-11-28/h12,14-15,17-18H,4-11,13H2,1-3H3,(H,24,29). The maximum atomic E-state index is 11.9. The van der Waals surface area contributed by atoms with Crippen molar-refractivity contribution in [1.82, 2.24) is 20.4 Å². The van der Waals surface area contributed by atoms with Crippen molar-refractivity contribution in [2.24, 2.45) is 11.8 Å². The lowest BCUT2D eigenvalue weighted by Gasteiger charge is -2.30. The molecule has 7 nitrogen and oxygen atoms in total. The Balaban J connectivity index is 1.50. The SMILES string of the molecule is Cc1cc(-c2cnc(N3CCCC3)nc2C2CCC(CNC(=O)C(C)C)CC2)on1. The predicted molar refractivity (Wildman–Crippen MR) is 116 cm³/mol. The first-order chi connectivity index (χ1) is 14.5. The second-order valence-corrected chi connectivity index (χ2v) is 9.11. The third-order valence-electron chi connectivity index (χ3n) is 6.41.